The second-order valence-electron chi connectivity index (χ2n) is 4.07. The molecule has 0 aromatic heterocycles. The van der Waals surface area contributed by atoms with Crippen LogP contribution < -0.4 is 16.2 Å². The Morgan fingerprint density at radius 1 is 1.18 bits per heavy atom. The van der Waals surface area contributed by atoms with Gasteiger partial charge in [0, 0.05) is 11.6 Å². The van der Waals surface area contributed by atoms with Gasteiger partial charge in [0.1, 0.15) is 0 Å². The lowest BCUT2D eigenvalue weighted by Crippen LogP contribution is -2.48. The minimum atomic E-state index is -0.210. The molecule has 1 rings (SSSR count). The third-order valence-electron chi connectivity index (χ3n) is 2.02. The van der Waals surface area contributed by atoms with E-state index in [2.05, 4.69) is 16.2 Å². The molecule has 0 saturated carbocycles. The van der Waals surface area contributed by atoms with Crippen molar-refractivity contribution in [1.82, 2.24) is 16.2 Å². The Hall–Kier alpha value is -1.62. The van der Waals surface area contributed by atoms with Gasteiger partial charge < -0.3 is 5.32 Å². The minimum Gasteiger partial charge on any atom is -0.359 e. The summed E-state index contributed by atoms with van der Waals surface area (Å²) in [4.78, 5) is 11.7. The van der Waals surface area contributed by atoms with Gasteiger partial charge in [-0.2, -0.15) is 0 Å². The molecule has 0 spiro atoms. The van der Waals surface area contributed by atoms with Gasteiger partial charge in [-0.15, -0.1) is 0 Å². The van der Waals surface area contributed by atoms with Gasteiger partial charge in [-0.05, 0) is 45.1 Å². The van der Waals surface area contributed by atoms with Gasteiger partial charge >= 0.3 is 0 Å². The lowest BCUT2D eigenvalue weighted by atomic mass is 10.1. The molecule has 0 aliphatic rings. The Bertz CT molecular complexity index is 401. The summed E-state index contributed by atoms with van der Waals surface area (Å²) in [7, 11) is 0. The fourth-order valence-electron chi connectivity index (χ4n) is 1.19. The predicted molar refractivity (Wildman–Crippen MR) is 72.7 cm³/mol. The highest BCUT2D eigenvalue weighted by molar-refractivity contribution is 7.80. The molecular weight excluding hydrogens is 234 g/mol. The summed E-state index contributed by atoms with van der Waals surface area (Å²) in [6.45, 7) is 5.91. The molecule has 0 aliphatic heterocycles. The topological polar surface area (TPSA) is 53.2 Å². The molecule has 0 bridgehead atoms. The number of benzene rings is 1. The second-order valence-corrected chi connectivity index (χ2v) is 4.48. The molecule has 1 amide bonds. The number of hydrazine groups is 1. The van der Waals surface area contributed by atoms with E-state index in [4.69, 9.17) is 12.2 Å². The maximum atomic E-state index is 11.7. The zero-order chi connectivity index (χ0) is 12.8. The zero-order valence-corrected chi connectivity index (χ0v) is 11.0. The average Bonchev–Trinajstić information content (AvgIpc) is 2.26. The molecule has 1 aromatic carbocycles. The maximum Gasteiger partial charge on any atom is 0.269 e. The molecule has 0 atom stereocenters. The van der Waals surface area contributed by atoms with Crippen molar-refractivity contribution < 1.29 is 4.79 Å². The number of amides is 1. The van der Waals surface area contributed by atoms with Crippen LogP contribution in [0.4, 0.5) is 0 Å². The first-order chi connectivity index (χ1) is 7.99. The van der Waals surface area contributed by atoms with E-state index in [1.54, 1.807) is 12.1 Å². The van der Waals surface area contributed by atoms with E-state index in [1.165, 1.54) is 0 Å². The van der Waals surface area contributed by atoms with Crippen molar-refractivity contribution in [3.05, 3.63) is 35.4 Å². The van der Waals surface area contributed by atoms with Gasteiger partial charge in [0.05, 0.1) is 0 Å². The van der Waals surface area contributed by atoms with Gasteiger partial charge in [-0.1, -0.05) is 17.7 Å². The van der Waals surface area contributed by atoms with Gasteiger partial charge in [0.15, 0.2) is 5.11 Å². The number of rotatable bonds is 2. The number of hydrogen-bond donors (Lipinski definition) is 3. The third-order valence-corrected chi connectivity index (χ3v) is 2.24. The van der Waals surface area contributed by atoms with Crippen LogP contribution in [0.1, 0.15) is 29.8 Å². The fourth-order valence-corrected chi connectivity index (χ4v) is 1.48. The molecule has 17 heavy (non-hydrogen) atoms. The Morgan fingerprint density at radius 3 is 2.29 bits per heavy atom. The predicted octanol–water partition coefficient (Wildman–Crippen LogP) is 1.51. The van der Waals surface area contributed by atoms with Crippen LogP contribution in [0.2, 0.25) is 0 Å². The Balaban J connectivity index is 2.45. The summed E-state index contributed by atoms with van der Waals surface area (Å²) in [5, 5.41) is 3.37. The van der Waals surface area contributed by atoms with Crippen LogP contribution >= 0.6 is 12.2 Å². The van der Waals surface area contributed by atoms with E-state index in [0.29, 0.717) is 10.7 Å². The number of nitrogens with one attached hydrogen (secondary N) is 3. The standard InChI is InChI=1S/C12H17N3OS/c1-8(2)13-12(17)15-14-11(16)10-6-4-9(3)5-7-10/h4-8H,1-3H3,(H,14,16)(H2,13,15,17). The molecular formula is C12H17N3OS. The molecule has 0 aliphatic carbocycles. The van der Waals surface area contributed by atoms with Gasteiger partial charge in [0.2, 0.25) is 0 Å². The smallest absolute Gasteiger partial charge is 0.269 e. The monoisotopic (exact) mass is 251 g/mol. The Morgan fingerprint density at radius 2 is 1.76 bits per heavy atom. The molecule has 0 radical (unpaired) electrons. The number of thiocarbonyl (C=S) groups is 1. The SMILES string of the molecule is Cc1ccc(C(=O)NNC(=S)NC(C)C)cc1. The molecule has 0 heterocycles. The normalized spacial score (nSPS) is 9.88. The lowest BCUT2D eigenvalue weighted by molar-refractivity contribution is 0.0943. The van der Waals surface area contributed by atoms with Crippen LogP contribution in [0, 0.1) is 6.92 Å². The highest BCUT2D eigenvalue weighted by Gasteiger charge is 2.05. The van der Waals surface area contributed by atoms with Crippen molar-refractivity contribution in [3.8, 4) is 0 Å². The highest BCUT2D eigenvalue weighted by atomic mass is 32.1. The Kier molecular flexibility index (Phi) is 4.90. The molecule has 3 N–H and O–H groups in total. The Labute approximate surface area is 107 Å². The molecule has 0 unspecified atom stereocenters. The van der Waals surface area contributed by atoms with Gasteiger partial charge in [-0.25, -0.2) is 0 Å². The third kappa shape index (κ3) is 4.82. The molecule has 4 nitrogen and oxygen atoms in total. The van der Waals surface area contributed by atoms with E-state index in [9.17, 15) is 4.79 Å². The quantitative estimate of drug-likeness (QED) is 0.551. The van der Waals surface area contributed by atoms with Crippen LogP contribution in [0.15, 0.2) is 24.3 Å². The summed E-state index contributed by atoms with van der Waals surface area (Å²) < 4.78 is 0. The minimum absolute atomic E-state index is 0.210. The summed E-state index contributed by atoms with van der Waals surface area (Å²) >= 11 is 4.98. The first kappa shape index (κ1) is 13.4. The van der Waals surface area contributed by atoms with Crippen molar-refractivity contribution >= 4 is 23.2 Å². The van der Waals surface area contributed by atoms with Crippen LogP contribution in [0.5, 0.6) is 0 Å². The van der Waals surface area contributed by atoms with Crippen LogP contribution in [0.25, 0.3) is 0 Å². The van der Waals surface area contributed by atoms with Gasteiger partial charge in [-0.3, -0.25) is 15.6 Å². The number of carbonyl (C=O) groups is 1. The van der Waals surface area contributed by atoms with Crippen LogP contribution in [-0.4, -0.2) is 17.1 Å². The number of aryl methyl sites for hydroxylation is 1. The van der Waals surface area contributed by atoms with Crippen LogP contribution in [0.3, 0.4) is 0 Å². The van der Waals surface area contributed by atoms with E-state index in [0.717, 1.165) is 5.56 Å². The number of carbonyl (C=O) groups excluding carboxylic acids is 1. The fraction of sp³-hybridized carbons (Fsp3) is 0.333. The second kappa shape index (κ2) is 6.20. The largest absolute Gasteiger partial charge is 0.359 e. The van der Waals surface area contributed by atoms with Crippen molar-refractivity contribution in [1.29, 1.82) is 0 Å². The van der Waals surface area contributed by atoms with E-state index >= 15 is 0 Å². The van der Waals surface area contributed by atoms with Crippen molar-refractivity contribution in [2.45, 2.75) is 26.8 Å². The molecule has 1 aromatic rings. The van der Waals surface area contributed by atoms with Gasteiger partial charge in [0.25, 0.3) is 5.91 Å². The highest BCUT2D eigenvalue weighted by Crippen LogP contribution is 2.02. The van der Waals surface area contributed by atoms with E-state index < -0.39 is 0 Å². The lowest BCUT2D eigenvalue weighted by Gasteiger charge is -2.13. The maximum absolute atomic E-state index is 11.7. The zero-order valence-electron chi connectivity index (χ0n) is 10.2. The summed E-state index contributed by atoms with van der Waals surface area (Å²) in [5.74, 6) is -0.210. The first-order valence-corrected chi connectivity index (χ1v) is 5.83. The number of hydrogen-bond acceptors (Lipinski definition) is 2. The average molecular weight is 251 g/mol. The van der Waals surface area contributed by atoms with Crippen molar-refractivity contribution in [2.75, 3.05) is 0 Å². The summed E-state index contributed by atoms with van der Waals surface area (Å²) in [5.41, 5.74) is 6.89. The van der Waals surface area contributed by atoms with Crippen molar-refractivity contribution in [2.24, 2.45) is 0 Å². The van der Waals surface area contributed by atoms with Crippen LogP contribution in [-0.2, 0) is 0 Å². The molecule has 92 valence electrons. The molecule has 0 saturated heterocycles. The first-order valence-electron chi connectivity index (χ1n) is 5.42. The van der Waals surface area contributed by atoms with E-state index in [1.807, 2.05) is 32.9 Å². The molecule has 5 heteroatoms. The van der Waals surface area contributed by atoms with E-state index in [-0.39, 0.29) is 11.9 Å². The molecule has 0 fully saturated rings. The summed E-state index contributed by atoms with van der Waals surface area (Å²) in [6, 6.07) is 7.54. The van der Waals surface area contributed by atoms with Crippen molar-refractivity contribution in [3.63, 3.8) is 0 Å². The summed E-state index contributed by atoms with van der Waals surface area (Å²) in [6.07, 6.45) is 0.